The van der Waals surface area contributed by atoms with Crippen molar-refractivity contribution < 1.29 is 19.1 Å². The first-order chi connectivity index (χ1) is 11.6. The average Bonchev–Trinajstić information content (AvgIpc) is 2.74. The molecule has 2 aromatic carbocycles. The Balaban J connectivity index is 1.81. The van der Waals surface area contributed by atoms with Crippen molar-refractivity contribution in [3.63, 3.8) is 0 Å². The fraction of sp³-hybridized carbons (Fsp3) is 0.222. The summed E-state index contributed by atoms with van der Waals surface area (Å²) in [5.41, 5.74) is 1.76. The molecule has 0 saturated heterocycles. The molecule has 0 saturated carbocycles. The number of rotatable bonds is 3. The quantitative estimate of drug-likeness (QED) is 0.941. The number of hydrogen-bond acceptors (Lipinski definition) is 4. The second-order valence-electron chi connectivity index (χ2n) is 5.42. The number of ether oxygens (including phenoxy) is 2. The van der Waals surface area contributed by atoms with Gasteiger partial charge in [-0.3, -0.25) is 9.59 Å². The molecule has 1 aliphatic heterocycles. The predicted molar refractivity (Wildman–Crippen MR) is 90.9 cm³/mol. The molecule has 0 spiro atoms. The van der Waals surface area contributed by atoms with Crippen molar-refractivity contribution in [2.45, 2.75) is 6.42 Å². The third kappa shape index (κ3) is 3.17. The van der Waals surface area contributed by atoms with Gasteiger partial charge in [0.2, 0.25) is 5.91 Å². The average molecular weight is 326 g/mol. The van der Waals surface area contributed by atoms with Crippen molar-refractivity contribution >= 4 is 23.2 Å². The maximum Gasteiger partial charge on any atom is 0.255 e. The molecule has 6 heteroatoms. The van der Waals surface area contributed by atoms with Gasteiger partial charge in [-0.15, -0.1) is 0 Å². The van der Waals surface area contributed by atoms with Crippen LogP contribution in [-0.2, 0) is 4.79 Å². The SMILES string of the molecule is COc1ccc(C(=O)Nc2ccc3c(c2)N(C)C(=O)CCO3)cc1. The fourth-order valence-electron chi connectivity index (χ4n) is 2.48. The van der Waals surface area contributed by atoms with Crippen LogP contribution in [0.25, 0.3) is 0 Å². The molecule has 1 aliphatic rings. The molecule has 2 aromatic rings. The number of carbonyl (C=O) groups is 2. The summed E-state index contributed by atoms with van der Waals surface area (Å²) in [7, 11) is 3.27. The summed E-state index contributed by atoms with van der Waals surface area (Å²) in [6, 6.07) is 12.1. The number of nitrogens with zero attached hydrogens (tertiary/aromatic N) is 1. The summed E-state index contributed by atoms with van der Waals surface area (Å²) < 4.78 is 10.7. The van der Waals surface area contributed by atoms with Crippen molar-refractivity contribution in [3.8, 4) is 11.5 Å². The van der Waals surface area contributed by atoms with E-state index in [2.05, 4.69) is 5.32 Å². The van der Waals surface area contributed by atoms with Crippen LogP contribution in [0, 0.1) is 0 Å². The molecule has 0 radical (unpaired) electrons. The number of anilines is 2. The molecule has 0 unspecified atom stereocenters. The second-order valence-corrected chi connectivity index (χ2v) is 5.42. The Labute approximate surface area is 140 Å². The predicted octanol–water partition coefficient (Wildman–Crippen LogP) is 2.69. The summed E-state index contributed by atoms with van der Waals surface area (Å²) in [6.45, 7) is 0.355. The van der Waals surface area contributed by atoms with E-state index in [4.69, 9.17) is 9.47 Å². The molecule has 0 aromatic heterocycles. The van der Waals surface area contributed by atoms with Crippen molar-refractivity contribution in [2.75, 3.05) is 31.0 Å². The lowest BCUT2D eigenvalue weighted by molar-refractivity contribution is -0.118. The van der Waals surface area contributed by atoms with Crippen LogP contribution in [0.3, 0.4) is 0 Å². The van der Waals surface area contributed by atoms with Crippen LogP contribution in [0.1, 0.15) is 16.8 Å². The zero-order chi connectivity index (χ0) is 17.1. The molecular formula is C18H18N2O4. The van der Waals surface area contributed by atoms with E-state index in [-0.39, 0.29) is 11.8 Å². The second kappa shape index (κ2) is 6.62. The highest BCUT2D eigenvalue weighted by molar-refractivity contribution is 6.05. The molecule has 0 atom stereocenters. The third-order valence-corrected chi connectivity index (χ3v) is 3.88. The molecule has 2 amide bonds. The van der Waals surface area contributed by atoms with Crippen molar-refractivity contribution in [1.29, 1.82) is 0 Å². The molecule has 0 aliphatic carbocycles. The smallest absolute Gasteiger partial charge is 0.255 e. The first kappa shape index (κ1) is 15.9. The molecule has 6 nitrogen and oxygen atoms in total. The maximum absolute atomic E-state index is 12.3. The monoisotopic (exact) mass is 326 g/mol. The van der Waals surface area contributed by atoms with Gasteiger partial charge >= 0.3 is 0 Å². The van der Waals surface area contributed by atoms with Crippen LogP contribution in [0.4, 0.5) is 11.4 Å². The molecule has 1 N–H and O–H groups in total. The number of hydrogen-bond donors (Lipinski definition) is 1. The fourth-order valence-corrected chi connectivity index (χ4v) is 2.48. The number of benzene rings is 2. The zero-order valence-electron chi connectivity index (χ0n) is 13.5. The standard InChI is InChI=1S/C18H18N2O4/c1-20-15-11-13(5-8-16(15)24-10-9-17(20)21)19-18(22)12-3-6-14(23-2)7-4-12/h3-8,11H,9-10H2,1-2H3,(H,19,22). The van der Waals surface area contributed by atoms with Crippen molar-refractivity contribution in [2.24, 2.45) is 0 Å². The van der Waals surface area contributed by atoms with E-state index in [1.54, 1.807) is 61.5 Å². The largest absolute Gasteiger partial charge is 0.497 e. The highest BCUT2D eigenvalue weighted by atomic mass is 16.5. The van der Waals surface area contributed by atoms with E-state index in [9.17, 15) is 9.59 Å². The van der Waals surface area contributed by atoms with Crippen molar-refractivity contribution in [3.05, 3.63) is 48.0 Å². The van der Waals surface area contributed by atoms with Gasteiger partial charge in [0.15, 0.2) is 0 Å². The zero-order valence-corrected chi connectivity index (χ0v) is 13.5. The minimum Gasteiger partial charge on any atom is -0.497 e. The number of amides is 2. The van der Waals surface area contributed by atoms with E-state index in [0.29, 0.717) is 41.5 Å². The van der Waals surface area contributed by atoms with Gasteiger partial charge in [0.05, 0.1) is 25.8 Å². The first-order valence-electron chi connectivity index (χ1n) is 7.57. The molecule has 3 rings (SSSR count). The van der Waals surface area contributed by atoms with Crippen LogP contribution < -0.4 is 19.7 Å². The number of fused-ring (bicyclic) bond motifs is 1. The molecule has 0 bridgehead atoms. The molecule has 0 fully saturated rings. The topological polar surface area (TPSA) is 67.9 Å². The molecular weight excluding hydrogens is 308 g/mol. The minimum atomic E-state index is -0.235. The van der Waals surface area contributed by atoms with Gasteiger partial charge in [-0.2, -0.15) is 0 Å². The van der Waals surface area contributed by atoms with Gasteiger partial charge in [-0.1, -0.05) is 0 Å². The van der Waals surface area contributed by atoms with E-state index >= 15 is 0 Å². The summed E-state index contributed by atoms with van der Waals surface area (Å²) in [6.07, 6.45) is 0.332. The van der Waals surface area contributed by atoms with Crippen LogP contribution in [0.5, 0.6) is 11.5 Å². The Morgan fingerprint density at radius 2 is 1.96 bits per heavy atom. The lowest BCUT2D eigenvalue weighted by Crippen LogP contribution is -2.25. The lowest BCUT2D eigenvalue weighted by atomic mass is 10.2. The van der Waals surface area contributed by atoms with Gasteiger partial charge < -0.3 is 19.7 Å². The minimum absolute atomic E-state index is 0.0209. The normalized spacial score (nSPS) is 13.6. The summed E-state index contributed by atoms with van der Waals surface area (Å²) in [5, 5.41) is 2.83. The first-order valence-corrected chi connectivity index (χ1v) is 7.57. The van der Waals surface area contributed by atoms with E-state index < -0.39 is 0 Å². The Bertz CT molecular complexity index is 771. The van der Waals surface area contributed by atoms with Crippen LogP contribution in [0.2, 0.25) is 0 Å². The van der Waals surface area contributed by atoms with Gasteiger partial charge in [0.25, 0.3) is 5.91 Å². The highest BCUT2D eigenvalue weighted by Gasteiger charge is 2.20. The number of methoxy groups -OCH3 is 1. The van der Waals surface area contributed by atoms with E-state index in [0.717, 1.165) is 0 Å². The Hall–Kier alpha value is -3.02. The highest BCUT2D eigenvalue weighted by Crippen LogP contribution is 2.33. The summed E-state index contributed by atoms with van der Waals surface area (Å²) in [5.74, 6) is 1.06. The Kier molecular flexibility index (Phi) is 4.37. The van der Waals surface area contributed by atoms with Gasteiger partial charge in [0.1, 0.15) is 11.5 Å². The van der Waals surface area contributed by atoms with E-state index in [1.807, 2.05) is 0 Å². The number of carbonyl (C=O) groups excluding carboxylic acids is 2. The van der Waals surface area contributed by atoms with E-state index in [1.165, 1.54) is 0 Å². The lowest BCUT2D eigenvalue weighted by Gasteiger charge is -2.17. The molecule has 124 valence electrons. The van der Waals surface area contributed by atoms with Gasteiger partial charge in [-0.25, -0.2) is 0 Å². The van der Waals surface area contributed by atoms with Crippen LogP contribution >= 0.6 is 0 Å². The van der Waals surface area contributed by atoms with Crippen LogP contribution in [0.15, 0.2) is 42.5 Å². The Morgan fingerprint density at radius 1 is 1.21 bits per heavy atom. The van der Waals surface area contributed by atoms with Gasteiger partial charge in [-0.05, 0) is 42.5 Å². The molecule has 1 heterocycles. The maximum atomic E-state index is 12.3. The third-order valence-electron chi connectivity index (χ3n) is 3.88. The van der Waals surface area contributed by atoms with Crippen molar-refractivity contribution in [1.82, 2.24) is 0 Å². The number of nitrogens with one attached hydrogen (secondary N) is 1. The Morgan fingerprint density at radius 3 is 2.67 bits per heavy atom. The summed E-state index contributed by atoms with van der Waals surface area (Å²) >= 11 is 0. The summed E-state index contributed by atoms with van der Waals surface area (Å²) in [4.78, 5) is 25.8. The molecule has 24 heavy (non-hydrogen) atoms. The van der Waals surface area contributed by atoms with Gasteiger partial charge in [0, 0.05) is 18.3 Å². The van der Waals surface area contributed by atoms with Crippen LogP contribution in [-0.4, -0.2) is 32.6 Å².